The zero-order valence-corrected chi connectivity index (χ0v) is 8.67. The summed E-state index contributed by atoms with van der Waals surface area (Å²) in [5.41, 5.74) is 7.52. The van der Waals surface area contributed by atoms with Crippen LogP contribution in [0.1, 0.15) is 24.5 Å². The van der Waals surface area contributed by atoms with Gasteiger partial charge in [0.25, 0.3) is 0 Å². The van der Waals surface area contributed by atoms with Gasteiger partial charge < -0.3 is 0 Å². The second-order valence-corrected chi connectivity index (χ2v) is 4.23. The van der Waals surface area contributed by atoms with Crippen molar-refractivity contribution in [2.75, 3.05) is 7.05 Å². The first-order valence-corrected chi connectivity index (χ1v) is 5.14. The van der Waals surface area contributed by atoms with Crippen LogP contribution >= 0.6 is 0 Å². The molecule has 0 atom stereocenters. The van der Waals surface area contributed by atoms with E-state index >= 15 is 0 Å². The Labute approximate surface area is 84.4 Å². The molecule has 14 heavy (non-hydrogen) atoms. The predicted octanol–water partition coefficient (Wildman–Crippen LogP) is 2.46. The number of benzene rings is 1. The molecule has 0 N–H and O–H groups in total. The Hall–Kier alpha value is -1.37. The Morgan fingerprint density at radius 2 is 1.93 bits per heavy atom. The lowest BCUT2D eigenvalue weighted by molar-refractivity contribution is -0.441. The molecule has 1 nitrogen and oxygen atoms in total. The van der Waals surface area contributed by atoms with E-state index in [1.54, 1.807) is 5.57 Å². The van der Waals surface area contributed by atoms with E-state index in [1.807, 2.05) is 0 Å². The summed E-state index contributed by atoms with van der Waals surface area (Å²) in [5, 5.41) is 0. The fourth-order valence-electron chi connectivity index (χ4n) is 2.53. The molecule has 2 aliphatic rings. The zero-order valence-electron chi connectivity index (χ0n) is 8.67. The molecule has 1 aliphatic heterocycles. The molecule has 0 saturated carbocycles. The number of allylic oxidation sites excluding steroid dienone is 2. The lowest BCUT2D eigenvalue weighted by Crippen LogP contribution is -2.08. The van der Waals surface area contributed by atoms with Crippen LogP contribution in [0.4, 0.5) is 0 Å². The first-order valence-electron chi connectivity index (χ1n) is 5.14. The third-order valence-electron chi connectivity index (χ3n) is 3.46. The van der Waals surface area contributed by atoms with Crippen molar-refractivity contribution in [1.82, 2.24) is 0 Å². The van der Waals surface area contributed by atoms with E-state index in [4.69, 9.17) is 0 Å². The number of fused-ring (bicyclic) bond motifs is 2. The minimum absolute atomic E-state index is 1.12. The molecule has 70 valence electrons. The van der Waals surface area contributed by atoms with Crippen molar-refractivity contribution in [2.45, 2.75) is 19.8 Å². The van der Waals surface area contributed by atoms with Gasteiger partial charge in [0.15, 0.2) is 11.4 Å². The standard InChI is InChI=1S/C13H14N/c1-9-7-12-11-6-4-3-5-10(11)8-13(12)14(9)2/h3-6H,7-8H2,1-2H3/q+1. The minimum atomic E-state index is 1.12. The number of hydrogen-bond acceptors (Lipinski definition) is 0. The second kappa shape index (κ2) is 2.57. The molecule has 0 saturated heterocycles. The van der Waals surface area contributed by atoms with Gasteiger partial charge in [-0.1, -0.05) is 24.3 Å². The van der Waals surface area contributed by atoms with E-state index in [0.29, 0.717) is 0 Å². The molecule has 0 bridgehead atoms. The van der Waals surface area contributed by atoms with Gasteiger partial charge in [0.1, 0.15) is 7.05 Å². The quantitative estimate of drug-likeness (QED) is 0.545. The van der Waals surface area contributed by atoms with Gasteiger partial charge >= 0.3 is 0 Å². The summed E-state index contributed by atoms with van der Waals surface area (Å²) in [6.07, 6.45) is 2.27. The molecule has 1 heteroatoms. The zero-order chi connectivity index (χ0) is 9.71. The van der Waals surface area contributed by atoms with Crippen molar-refractivity contribution in [1.29, 1.82) is 0 Å². The van der Waals surface area contributed by atoms with Crippen LogP contribution in [-0.2, 0) is 6.42 Å². The van der Waals surface area contributed by atoms with Gasteiger partial charge in [0.05, 0.1) is 12.8 Å². The number of likely N-dealkylation sites (N-methyl/N-ethyl adjacent to an activating group) is 1. The van der Waals surface area contributed by atoms with Crippen molar-refractivity contribution < 1.29 is 4.58 Å². The van der Waals surface area contributed by atoms with Gasteiger partial charge in [0.2, 0.25) is 0 Å². The molecule has 1 aromatic rings. The first kappa shape index (κ1) is 7.98. The number of hydrogen-bond donors (Lipinski definition) is 0. The van der Waals surface area contributed by atoms with Crippen molar-refractivity contribution in [3.63, 3.8) is 0 Å². The molecule has 0 unspecified atom stereocenters. The van der Waals surface area contributed by atoms with Crippen LogP contribution < -0.4 is 0 Å². The summed E-state index contributed by atoms with van der Waals surface area (Å²) in [6, 6.07) is 8.78. The van der Waals surface area contributed by atoms with Crippen molar-refractivity contribution in [2.24, 2.45) is 0 Å². The van der Waals surface area contributed by atoms with Crippen molar-refractivity contribution in [3.05, 3.63) is 41.1 Å². The number of nitrogens with zero attached hydrogens (tertiary/aromatic N) is 1. The lowest BCUT2D eigenvalue weighted by Gasteiger charge is -2.00. The van der Waals surface area contributed by atoms with Gasteiger partial charge in [-0.25, -0.2) is 4.58 Å². The topological polar surface area (TPSA) is 3.01 Å². The summed E-state index contributed by atoms with van der Waals surface area (Å²) in [7, 11) is 2.18. The Balaban J connectivity index is 2.15. The predicted molar refractivity (Wildman–Crippen MR) is 58.5 cm³/mol. The SMILES string of the molecule is CC1=[N+](C)C2=C(C1)c1ccccc1C2. The van der Waals surface area contributed by atoms with Crippen LogP contribution in [-0.4, -0.2) is 17.3 Å². The molecular formula is C13H14N+. The highest BCUT2D eigenvalue weighted by Gasteiger charge is 2.34. The smallest absolute Gasteiger partial charge is 0.189 e. The maximum atomic E-state index is 2.36. The van der Waals surface area contributed by atoms with Gasteiger partial charge in [-0.05, 0) is 11.1 Å². The molecule has 0 fully saturated rings. The monoisotopic (exact) mass is 184 g/mol. The van der Waals surface area contributed by atoms with E-state index in [0.717, 1.165) is 12.8 Å². The fourth-order valence-corrected chi connectivity index (χ4v) is 2.53. The summed E-state index contributed by atoms with van der Waals surface area (Å²) in [4.78, 5) is 0. The maximum Gasteiger partial charge on any atom is 0.189 e. The summed E-state index contributed by atoms with van der Waals surface area (Å²) in [6.45, 7) is 2.22. The van der Waals surface area contributed by atoms with E-state index in [-0.39, 0.29) is 0 Å². The van der Waals surface area contributed by atoms with Crippen LogP contribution in [0.5, 0.6) is 0 Å². The summed E-state index contributed by atoms with van der Waals surface area (Å²) in [5.74, 6) is 0. The van der Waals surface area contributed by atoms with Crippen LogP contribution in [0.15, 0.2) is 30.0 Å². The summed E-state index contributed by atoms with van der Waals surface area (Å²) >= 11 is 0. The first-order chi connectivity index (χ1) is 6.77. The highest BCUT2D eigenvalue weighted by molar-refractivity contribution is 5.95. The molecule has 0 aromatic heterocycles. The van der Waals surface area contributed by atoms with E-state index < -0.39 is 0 Å². The molecular weight excluding hydrogens is 170 g/mol. The van der Waals surface area contributed by atoms with E-state index in [2.05, 4.69) is 42.8 Å². The molecule has 3 rings (SSSR count). The second-order valence-electron chi connectivity index (χ2n) is 4.23. The molecule has 1 heterocycles. The van der Waals surface area contributed by atoms with Crippen LogP contribution in [0.3, 0.4) is 0 Å². The average molecular weight is 184 g/mol. The highest BCUT2D eigenvalue weighted by Crippen LogP contribution is 2.38. The Bertz CT molecular complexity index is 478. The van der Waals surface area contributed by atoms with Gasteiger partial charge in [-0.15, -0.1) is 0 Å². The Morgan fingerprint density at radius 1 is 1.14 bits per heavy atom. The van der Waals surface area contributed by atoms with Crippen LogP contribution in [0, 0.1) is 0 Å². The summed E-state index contributed by atoms with van der Waals surface area (Å²) < 4.78 is 2.36. The molecule has 1 aliphatic carbocycles. The number of rotatable bonds is 0. The average Bonchev–Trinajstić information content (AvgIpc) is 2.67. The fraction of sp³-hybridized carbons (Fsp3) is 0.308. The van der Waals surface area contributed by atoms with E-state index in [1.165, 1.54) is 22.5 Å². The van der Waals surface area contributed by atoms with Crippen molar-refractivity contribution >= 4 is 11.3 Å². The Morgan fingerprint density at radius 3 is 2.79 bits per heavy atom. The minimum Gasteiger partial charge on any atom is -0.206 e. The molecule has 0 amide bonds. The highest BCUT2D eigenvalue weighted by atomic mass is 15.0. The molecule has 0 radical (unpaired) electrons. The third-order valence-corrected chi connectivity index (χ3v) is 3.46. The van der Waals surface area contributed by atoms with Crippen molar-refractivity contribution in [3.8, 4) is 0 Å². The van der Waals surface area contributed by atoms with Gasteiger partial charge in [-0.2, -0.15) is 0 Å². The van der Waals surface area contributed by atoms with Gasteiger partial charge in [0, 0.05) is 12.5 Å². The van der Waals surface area contributed by atoms with Crippen LogP contribution in [0.2, 0.25) is 0 Å². The third kappa shape index (κ3) is 0.872. The lowest BCUT2D eigenvalue weighted by atomic mass is 10.0. The normalized spacial score (nSPS) is 19.0. The maximum absolute atomic E-state index is 2.36. The Kier molecular flexibility index (Phi) is 1.46. The van der Waals surface area contributed by atoms with E-state index in [9.17, 15) is 0 Å². The largest absolute Gasteiger partial charge is 0.206 e. The van der Waals surface area contributed by atoms with Gasteiger partial charge in [-0.3, -0.25) is 0 Å². The van der Waals surface area contributed by atoms with Crippen LogP contribution in [0.25, 0.3) is 5.57 Å². The molecule has 0 spiro atoms. The molecule has 1 aromatic carbocycles.